The number of hydrogen-bond donors (Lipinski definition) is 1. The molecule has 1 heterocycles. The lowest BCUT2D eigenvalue weighted by Gasteiger charge is -2.27. The zero-order valence-electron chi connectivity index (χ0n) is 8.34. The van der Waals surface area contributed by atoms with Gasteiger partial charge in [-0.2, -0.15) is 0 Å². The van der Waals surface area contributed by atoms with Gasteiger partial charge in [0.25, 0.3) is 0 Å². The van der Waals surface area contributed by atoms with Crippen LogP contribution in [0.1, 0.15) is 26.2 Å². The summed E-state index contributed by atoms with van der Waals surface area (Å²) in [5, 5.41) is 3.27. The van der Waals surface area contributed by atoms with Crippen LogP contribution in [0.15, 0.2) is 0 Å². The van der Waals surface area contributed by atoms with E-state index >= 15 is 0 Å². The molecule has 0 aromatic heterocycles. The van der Waals surface area contributed by atoms with E-state index in [0.717, 1.165) is 12.8 Å². The molecule has 78 valence electrons. The van der Waals surface area contributed by atoms with Crippen molar-refractivity contribution in [2.24, 2.45) is 5.92 Å². The van der Waals surface area contributed by atoms with Crippen molar-refractivity contribution in [3.8, 4) is 0 Å². The fraction of sp³-hybridized carbons (Fsp3) is 0.800. The number of nitrogens with one attached hydrogen (secondary N) is 1. The van der Waals surface area contributed by atoms with Crippen molar-refractivity contribution in [3.05, 3.63) is 0 Å². The van der Waals surface area contributed by atoms with Gasteiger partial charge in [-0.05, 0) is 19.8 Å². The van der Waals surface area contributed by atoms with Gasteiger partial charge >= 0.3 is 5.97 Å². The minimum absolute atomic E-state index is 0.0414. The first-order valence-electron chi connectivity index (χ1n) is 5.11. The van der Waals surface area contributed by atoms with Crippen molar-refractivity contribution in [1.29, 1.82) is 0 Å². The van der Waals surface area contributed by atoms with Crippen molar-refractivity contribution in [1.82, 2.24) is 5.32 Å². The zero-order chi connectivity index (χ0) is 10.2. The Morgan fingerprint density at radius 3 is 2.86 bits per heavy atom. The molecule has 1 aliphatic carbocycles. The lowest BCUT2D eigenvalue weighted by Crippen LogP contribution is -2.49. The summed E-state index contributed by atoms with van der Waals surface area (Å²) >= 11 is 0. The zero-order valence-corrected chi connectivity index (χ0v) is 8.34. The number of rotatable bonds is 2. The van der Waals surface area contributed by atoms with Crippen LogP contribution in [-0.4, -0.2) is 30.4 Å². The third-order valence-electron chi connectivity index (χ3n) is 3.01. The number of piperidine rings is 1. The summed E-state index contributed by atoms with van der Waals surface area (Å²) in [5.74, 6) is -0.902. The Labute approximate surface area is 83.0 Å². The number of ketones is 1. The molecule has 1 spiro atoms. The van der Waals surface area contributed by atoms with E-state index in [4.69, 9.17) is 4.74 Å². The number of carbonyl (C=O) groups is 2. The Bertz CT molecular complexity index is 271. The monoisotopic (exact) mass is 197 g/mol. The summed E-state index contributed by atoms with van der Waals surface area (Å²) in [5.41, 5.74) is 0.0556. The van der Waals surface area contributed by atoms with Gasteiger partial charge in [-0.3, -0.25) is 9.59 Å². The molecule has 4 heteroatoms. The van der Waals surface area contributed by atoms with E-state index in [2.05, 4.69) is 5.32 Å². The van der Waals surface area contributed by atoms with Crippen LogP contribution >= 0.6 is 0 Å². The highest BCUT2D eigenvalue weighted by atomic mass is 16.5. The topological polar surface area (TPSA) is 55.4 Å². The maximum Gasteiger partial charge on any atom is 0.317 e. The van der Waals surface area contributed by atoms with Crippen LogP contribution in [-0.2, 0) is 14.3 Å². The quantitative estimate of drug-likeness (QED) is 0.509. The van der Waals surface area contributed by atoms with Crippen molar-refractivity contribution in [2.45, 2.75) is 31.7 Å². The van der Waals surface area contributed by atoms with Crippen molar-refractivity contribution in [2.75, 3.05) is 13.2 Å². The van der Waals surface area contributed by atoms with Crippen LogP contribution in [0.3, 0.4) is 0 Å². The summed E-state index contributed by atoms with van der Waals surface area (Å²) < 4.78 is 4.84. The average molecular weight is 197 g/mol. The summed E-state index contributed by atoms with van der Waals surface area (Å²) in [6.07, 6.45) is 2.62. The first-order chi connectivity index (χ1) is 6.67. The lowest BCUT2D eigenvalue weighted by atomic mass is 9.92. The van der Waals surface area contributed by atoms with E-state index in [-0.39, 0.29) is 17.3 Å². The molecule has 1 N–H and O–H groups in total. The number of Topliss-reactive ketones (excluding diaryl/α,β-unsaturated/α-hetero) is 1. The molecule has 2 fully saturated rings. The van der Waals surface area contributed by atoms with Crippen molar-refractivity contribution in [3.63, 3.8) is 0 Å². The number of ether oxygens (including phenoxy) is 1. The Morgan fingerprint density at radius 2 is 2.36 bits per heavy atom. The van der Waals surface area contributed by atoms with Crippen molar-refractivity contribution < 1.29 is 14.3 Å². The molecule has 2 aliphatic rings. The molecule has 0 bridgehead atoms. The second-order valence-corrected chi connectivity index (χ2v) is 4.11. The first kappa shape index (κ1) is 9.65. The van der Waals surface area contributed by atoms with Gasteiger partial charge in [0, 0.05) is 18.5 Å². The van der Waals surface area contributed by atoms with E-state index in [0.29, 0.717) is 19.6 Å². The normalized spacial score (nSPS) is 28.9. The molecule has 0 amide bonds. The largest absolute Gasteiger partial charge is 0.465 e. The lowest BCUT2D eigenvalue weighted by molar-refractivity contribution is -0.152. The van der Waals surface area contributed by atoms with Crippen LogP contribution in [0.4, 0.5) is 0 Å². The minimum Gasteiger partial charge on any atom is -0.465 e. The molecule has 1 atom stereocenters. The molecule has 0 aromatic rings. The van der Waals surface area contributed by atoms with E-state index in [1.807, 2.05) is 0 Å². The van der Waals surface area contributed by atoms with Gasteiger partial charge in [-0.25, -0.2) is 0 Å². The number of esters is 1. The van der Waals surface area contributed by atoms with Crippen LogP contribution in [0.2, 0.25) is 0 Å². The minimum atomic E-state index is -0.568. The molecule has 1 saturated heterocycles. The molecule has 4 nitrogen and oxygen atoms in total. The molecular formula is C10H15NO3. The first-order valence-corrected chi connectivity index (χ1v) is 5.11. The summed E-state index contributed by atoms with van der Waals surface area (Å²) in [6.45, 7) is 2.55. The molecular weight excluding hydrogens is 182 g/mol. The Morgan fingerprint density at radius 1 is 1.64 bits per heavy atom. The Kier molecular flexibility index (Phi) is 2.31. The Hall–Kier alpha value is -0.900. The second kappa shape index (κ2) is 3.35. The summed E-state index contributed by atoms with van der Waals surface area (Å²) in [6, 6.07) is 0. The average Bonchev–Trinajstić information content (AvgIpc) is 2.85. The molecule has 0 aromatic carbocycles. The smallest absolute Gasteiger partial charge is 0.317 e. The van der Waals surface area contributed by atoms with Gasteiger partial charge in [0.2, 0.25) is 0 Å². The molecule has 2 rings (SSSR count). The highest BCUT2D eigenvalue weighted by molar-refractivity contribution is 6.00. The fourth-order valence-corrected chi connectivity index (χ4v) is 1.91. The van der Waals surface area contributed by atoms with Gasteiger partial charge in [-0.1, -0.05) is 0 Å². The maximum atomic E-state index is 11.6. The van der Waals surface area contributed by atoms with Crippen molar-refractivity contribution >= 4 is 11.8 Å². The van der Waals surface area contributed by atoms with Crippen LogP contribution in [0, 0.1) is 5.92 Å². The third kappa shape index (κ3) is 1.66. The van der Waals surface area contributed by atoms with E-state index in [1.54, 1.807) is 6.92 Å². The van der Waals surface area contributed by atoms with Gasteiger partial charge in [0.15, 0.2) is 0 Å². The summed E-state index contributed by atoms with van der Waals surface area (Å²) in [4.78, 5) is 23.0. The molecule has 0 radical (unpaired) electrons. The predicted octanol–water partition coefficient (Wildman–Crippen LogP) is 0.261. The highest BCUT2D eigenvalue weighted by Crippen LogP contribution is 2.41. The molecule has 14 heavy (non-hydrogen) atoms. The van der Waals surface area contributed by atoms with E-state index < -0.39 is 5.92 Å². The highest BCUT2D eigenvalue weighted by Gasteiger charge is 2.50. The number of hydrogen-bond acceptors (Lipinski definition) is 4. The SMILES string of the molecule is CCOC(=O)[C@H]1CNC2(CC2)CC1=O. The predicted molar refractivity (Wildman–Crippen MR) is 49.7 cm³/mol. The van der Waals surface area contributed by atoms with Crippen LogP contribution < -0.4 is 5.32 Å². The third-order valence-corrected chi connectivity index (χ3v) is 3.01. The van der Waals surface area contributed by atoms with E-state index in [1.165, 1.54) is 0 Å². The van der Waals surface area contributed by atoms with E-state index in [9.17, 15) is 9.59 Å². The maximum absolute atomic E-state index is 11.6. The standard InChI is InChI=1S/C10H15NO3/c1-2-14-9(13)7-6-11-10(3-4-10)5-8(7)12/h7,11H,2-6H2,1H3/t7-/m0/s1. The molecule has 1 aliphatic heterocycles. The summed E-state index contributed by atoms with van der Waals surface area (Å²) in [7, 11) is 0. The molecule has 1 saturated carbocycles. The van der Waals surface area contributed by atoms with Crippen LogP contribution in [0.5, 0.6) is 0 Å². The van der Waals surface area contributed by atoms with Gasteiger partial charge in [0.1, 0.15) is 11.7 Å². The van der Waals surface area contributed by atoms with Crippen LogP contribution in [0.25, 0.3) is 0 Å². The van der Waals surface area contributed by atoms with Gasteiger partial charge in [-0.15, -0.1) is 0 Å². The second-order valence-electron chi connectivity index (χ2n) is 4.11. The van der Waals surface area contributed by atoms with Gasteiger partial charge < -0.3 is 10.1 Å². The fourth-order valence-electron chi connectivity index (χ4n) is 1.91. The van der Waals surface area contributed by atoms with Gasteiger partial charge in [0.05, 0.1) is 6.61 Å². The number of carbonyl (C=O) groups excluding carboxylic acids is 2. The molecule has 0 unspecified atom stereocenters. The Balaban J connectivity index is 1.95.